The highest BCUT2D eigenvalue weighted by molar-refractivity contribution is 8.00. The molecule has 18 heavy (non-hydrogen) atoms. The predicted molar refractivity (Wildman–Crippen MR) is 73.3 cm³/mol. The van der Waals surface area contributed by atoms with Crippen molar-refractivity contribution in [1.29, 1.82) is 5.26 Å². The minimum Gasteiger partial charge on any atom is -0.329 e. The molecule has 0 spiro atoms. The number of benzene rings is 1. The zero-order valence-corrected chi connectivity index (χ0v) is 11.3. The van der Waals surface area contributed by atoms with E-state index < -0.39 is 0 Å². The molecule has 2 rings (SSSR count). The summed E-state index contributed by atoms with van der Waals surface area (Å²) in [5.41, 5.74) is 2.43. The fraction of sp³-hybridized carbons (Fsp3) is 0.286. The van der Waals surface area contributed by atoms with Crippen molar-refractivity contribution in [3.63, 3.8) is 0 Å². The maximum absolute atomic E-state index is 9.22. The summed E-state index contributed by atoms with van der Waals surface area (Å²) in [6, 6.07) is 10.7. The molecule has 0 aliphatic carbocycles. The highest BCUT2D eigenvalue weighted by atomic mass is 32.2. The Kier molecular flexibility index (Phi) is 4.06. The van der Waals surface area contributed by atoms with Crippen molar-refractivity contribution >= 4 is 11.8 Å². The SMILES string of the molecule is Cc1ccc(C[C@H](C#N)Sc2nccn2C)cc1. The van der Waals surface area contributed by atoms with Crippen LogP contribution in [-0.2, 0) is 13.5 Å². The Morgan fingerprint density at radius 3 is 2.67 bits per heavy atom. The first kappa shape index (κ1) is 12.7. The van der Waals surface area contributed by atoms with Gasteiger partial charge in [0.2, 0.25) is 0 Å². The van der Waals surface area contributed by atoms with Crippen LogP contribution in [0.5, 0.6) is 0 Å². The number of rotatable bonds is 4. The topological polar surface area (TPSA) is 41.6 Å². The van der Waals surface area contributed by atoms with Gasteiger partial charge in [-0.3, -0.25) is 0 Å². The van der Waals surface area contributed by atoms with Gasteiger partial charge in [-0.2, -0.15) is 5.26 Å². The van der Waals surface area contributed by atoms with Gasteiger partial charge in [-0.05, 0) is 18.9 Å². The lowest BCUT2D eigenvalue weighted by Crippen LogP contribution is -2.05. The largest absolute Gasteiger partial charge is 0.329 e. The second kappa shape index (κ2) is 5.74. The number of thioether (sulfide) groups is 1. The summed E-state index contributed by atoms with van der Waals surface area (Å²) in [5, 5.41) is 10.0. The van der Waals surface area contributed by atoms with Crippen molar-refractivity contribution < 1.29 is 0 Å². The molecule has 0 radical (unpaired) electrons. The molecule has 0 unspecified atom stereocenters. The number of nitriles is 1. The van der Waals surface area contributed by atoms with E-state index in [1.165, 1.54) is 22.9 Å². The first-order valence-corrected chi connectivity index (χ1v) is 6.66. The van der Waals surface area contributed by atoms with E-state index in [1.54, 1.807) is 6.20 Å². The number of hydrogen-bond acceptors (Lipinski definition) is 3. The maximum Gasteiger partial charge on any atom is 0.168 e. The van der Waals surface area contributed by atoms with Crippen LogP contribution in [0.15, 0.2) is 41.8 Å². The summed E-state index contributed by atoms with van der Waals surface area (Å²) in [6.07, 6.45) is 4.39. The molecule has 0 bridgehead atoms. The van der Waals surface area contributed by atoms with Crippen molar-refractivity contribution in [2.24, 2.45) is 7.05 Å². The molecule has 0 N–H and O–H groups in total. The average Bonchev–Trinajstić information content (AvgIpc) is 2.77. The van der Waals surface area contributed by atoms with Crippen LogP contribution in [0.4, 0.5) is 0 Å². The molecule has 1 aromatic heterocycles. The molecule has 1 atom stereocenters. The fourth-order valence-corrected chi connectivity index (χ4v) is 2.58. The molecule has 1 heterocycles. The predicted octanol–water partition coefficient (Wildman–Crippen LogP) is 2.96. The molecule has 2 aromatic rings. The Labute approximate surface area is 111 Å². The first-order valence-electron chi connectivity index (χ1n) is 5.78. The first-order chi connectivity index (χ1) is 8.69. The second-order valence-electron chi connectivity index (χ2n) is 4.25. The van der Waals surface area contributed by atoms with Crippen molar-refractivity contribution in [2.75, 3.05) is 0 Å². The molecule has 0 saturated heterocycles. The Morgan fingerprint density at radius 2 is 2.11 bits per heavy atom. The lowest BCUT2D eigenvalue weighted by atomic mass is 10.1. The van der Waals surface area contributed by atoms with Crippen molar-refractivity contribution in [3.8, 4) is 6.07 Å². The van der Waals surface area contributed by atoms with Crippen LogP contribution in [0.2, 0.25) is 0 Å². The summed E-state index contributed by atoms with van der Waals surface area (Å²) in [6.45, 7) is 2.06. The van der Waals surface area contributed by atoms with E-state index in [-0.39, 0.29) is 5.25 Å². The van der Waals surface area contributed by atoms with E-state index in [0.717, 1.165) is 11.6 Å². The van der Waals surface area contributed by atoms with Crippen molar-refractivity contribution in [1.82, 2.24) is 9.55 Å². The third-order valence-electron chi connectivity index (χ3n) is 2.71. The maximum atomic E-state index is 9.22. The molecular formula is C14H15N3S. The van der Waals surface area contributed by atoms with Crippen LogP contribution < -0.4 is 0 Å². The van der Waals surface area contributed by atoms with Gasteiger partial charge in [-0.25, -0.2) is 4.98 Å². The smallest absolute Gasteiger partial charge is 0.168 e. The van der Waals surface area contributed by atoms with Gasteiger partial charge in [0.1, 0.15) is 5.25 Å². The van der Waals surface area contributed by atoms with E-state index >= 15 is 0 Å². The zero-order chi connectivity index (χ0) is 13.0. The van der Waals surface area contributed by atoms with E-state index in [4.69, 9.17) is 0 Å². The Balaban J connectivity index is 2.04. The van der Waals surface area contributed by atoms with E-state index in [0.29, 0.717) is 0 Å². The Morgan fingerprint density at radius 1 is 1.39 bits per heavy atom. The standard InChI is InChI=1S/C14H15N3S/c1-11-3-5-12(6-4-11)9-13(10-15)18-14-16-7-8-17(14)2/h3-8,13H,9H2,1-2H3/t13-/m1/s1. The quantitative estimate of drug-likeness (QED) is 0.791. The third kappa shape index (κ3) is 3.14. The van der Waals surface area contributed by atoms with Crippen LogP contribution in [-0.4, -0.2) is 14.8 Å². The number of aryl methyl sites for hydroxylation is 2. The van der Waals surface area contributed by atoms with E-state index in [2.05, 4.69) is 42.2 Å². The summed E-state index contributed by atoms with van der Waals surface area (Å²) in [7, 11) is 1.94. The molecule has 3 nitrogen and oxygen atoms in total. The molecule has 92 valence electrons. The van der Waals surface area contributed by atoms with Gasteiger partial charge < -0.3 is 4.57 Å². The summed E-state index contributed by atoms with van der Waals surface area (Å²) in [4.78, 5) is 4.23. The van der Waals surface area contributed by atoms with Crippen molar-refractivity contribution in [3.05, 3.63) is 47.8 Å². The van der Waals surface area contributed by atoms with Crippen LogP contribution in [0.25, 0.3) is 0 Å². The number of imidazole rings is 1. The third-order valence-corrected chi connectivity index (χ3v) is 3.87. The van der Waals surface area contributed by atoms with E-state index in [9.17, 15) is 5.26 Å². The number of aromatic nitrogens is 2. The molecule has 0 aliphatic rings. The van der Waals surface area contributed by atoms with Crippen LogP contribution in [0.3, 0.4) is 0 Å². The van der Waals surface area contributed by atoms with Crippen molar-refractivity contribution in [2.45, 2.75) is 23.8 Å². The molecule has 0 fully saturated rings. The Hall–Kier alpha value is -1.73. The zero-order valence-electron chi connectivity index (χ0n) is 10.5. The van der Waals surface area contributed by atoms with Gasteiger partial charge in [0.25, 0.3) is 0 Å². The molecule has 0 amide bonds. The van der Waals surface area contributed by atoms with Crippen LogP contribution >= 0.6 is 11.8 Å². The van der Waals surface area contributed by atoms with Gasteiger partial charge in [-0.1, -0.05) is 41.6 Å². The number of hydrogen-bond donors (Lipinski definition) is 0. The fourth-order valence-electron chi connectivity index (χ4n) is 1.64. The van der Waals surface area contributed by atoms with E-state index in [1.807, 2.05) is 17.8 Å². The highest BCUT2D eigenvalue weighted by Crippen LogP contribution is 2.23. The van der Waals surface area contributed by atoms with Crippen LogP contribution in [0, 0.1) is 18.3 Å². The second-order valence-corrected chi connectivity index (χ2v) is 5.42. The lowest BCUT2D eigenvalue weighted by molar-refractivity contribution is 0.787. The molecule has 0 saturated carbocycles. The molecular weight excluding hydrogens is 242 g/mol. The monoisotopic (exact) mass is 257 g/mol. The summed E-state index contributed by atoms with van der Waals surface area (Å²) >= 11 is 1.51. The minimum atomic E-state index is -0.103. The normalized spacial score (nSPS) is 12.1. The van der Waals surface area contributed by atoms with Gasteiger partial charge >= 0.3 is 0 Å². The number of nitrogens with zero attached hydrogens (tertiary/aromatic N) is 3. The van der Waals surface area contributed by atoms with Gasteiger partial charge in [-0.15, -0.1) is 0 Å². The van der Waals surface area contributed by atoms with Gasteiger partial charge in [0, 0.05) is 19.4 Å². The van der Waals surface area contributed by atoms with Gasteiger partial charge in [0.15, 0.2) is 5.16 Å². The average molecular weight is 257 g/mol. The van der Waals surface area contributed by atoms with Gasteiger partial charge in [0.05, 0.1) is 6.07 Å². The summed E-state index contributed by atoms with van der Waals surface area (Å²) < 4.78 is 1.93. The highest BCUT2D eigenvalue weighted by Gasteiger charge is 2.13. The molecule has 0 aliphatic heterocycles. The summed E-state index contributed by atoms with van der Waals surface area (Å²) in [5.74, 6) is 0. The van der Waals surface area contributed by atoms with Crippen LogP contribution in [0.1, 0.15) is 11.1 Å². The molecule has 4 heteroatoms. The molecule has 1 aromatic carbocycles. The Bertz CT molecular complexity index is 551. The minimum absolute atomic E-state index is 0.103. The lowest BCUT2D eigenvalue weighted by Gasteiger charge is -2.08.